The van der Waals surface area contributed by atoms with Crippen LogP contribution >= 0.6 is 12.4 Å². The lowest BCUT2D eigenvalue weighted by Crippen LogP contribution is -2.52. The second-order valence-electron chi connectivity index (χ2n) is 5.71. The van der Waals surface area contributed by atoms with Gasteiger partial charge >= 0.3 is 0 Å². The maximum atomic E-state index is 12.5. The van der Waals surface area contributed by atoms with Gasteiger partial charge in [0, 0.05) is 44.3 Å². The molecule has 2 saturated heterocycles. The summed E-state index contributed by atoms with van der Waals surface area (Å²) >= 11 is 0. The molecule has 1 aromatic carbocycles. The fraction of sp³-hybridized carbons (Fsp3) is 0.562. The van der Waals surface area contributed by atoms with Crippen molar-refractivity contribution in [3.63, 3.8) is 0 Å². The second-order valence-corrected chi connectivity index (χ2v) is 5.71. The van der Waals surface area contributed by atoms with Gasteiger partial charge in [-0.3, -0.25) is 9.69 Å². The van der Waals surface area contributed by atoms with Crippen molar-refractivity contribution in [2.24, 2.45) is 0 Å². The van der Waals surface area contributed by atoms with Crippen LogP contribution in [0.1, 0.15) is 16.8 Å². The van der Waals surface area contributed by atoms with Gasteiger partial charge in [-0.05, 0) is 31.2 Å². The molecule has 0 radical (unpaired) electrons. The lowest BCUT2D eigenvalue weighted by atomic mass is 10.1. The van der Waals surface area contributed by atoms with E-state index in [0.29, 0.717) is 11.6 Å². The summed E-state index contributed by atoms with van der Waals surface area (Å²) in [6.45, 7) is 5.78. The Balaban J connectivity index is 0.00000176. The molecule has 2 fully saturated rings. The van der Waals surface area contributed by atoms with Crippen molar-refractivity contribution in [3.8, 4) is 5.75 Å². The van der Waals surface area contributed by atoms with Crippen LogP contribution in [0, 0.1) is 0 Å². The van der Waals surface area contributed by atoms with Crippen molar-refractivity contribution in [1.29, 1.82) is 0 Å². The molecule has 1 unspecified atom stereocenters. The minimum absolute atomic E-state index is 0. The van der Waals surface area contributed by atoms with Crippen molar-refractivity contribution < 1.29 is 9.53 Å². The van der Waals surface area contributed by atoms with Gasteiger partial charge in [0.05, 0.1) is 7.11 Å². The van der Waals surface area contributed by atoms with Crippen LogP contribution in [0.2, 0.25) is 0 Å². The molecule has 3 rings (SSSR count). The zero-order chi connectivity index (χ0) is 14.7. The van der Waals surface area contributed by atoms with Gasteiger partial charge in [-0.2, -0.15) is 0 Å². The Labute approximate surface area is 138 Å². The van der Waals surface area contributed by atoms with Crippen molar-refractivity contribution in [2.75, 3.05) is 46.4 Å². The molecule has 2 heterocycles. The van der Waals surface area contributed by atoms with Gasteiger partial charge in [0.25, 0.3) is 5.91 Å². The first-order valence-electron chi connectivity index (χ1n) is 7.66. The molecule has 0 saturated carbocycles. The maximum absolute atomic E-state index is 12.5. The minimum atomic E-state index is 0. The average molecular weight is 326 g/mol. The molecule has 0 aromatic heterocycles. The van der Waals surface area contributed by atoms with E-state index in [2.05, 4.69) is 10.2 Å². The number of ether oxygens (including phenoxy) is 1. The summed E-state index contributed by atoms with van der Waals surface area (Å²) in [5.41, 5.74) is 0.713. The van der Waals surface area contributed by atoms with E-state index in [1.54, 1.807) is 7.11 Å². The summed E-state index contributed by atoms with van der Waals surface area (Å²) in [5.74, 6) is 0.842. The van der Waals surface area contributed by atoms with Gasteiger partial charge in [0.1, 0.15) is 5.75 Å². The summed E-state index contributed by atoms with van der Waals surface area (Å²) in [7, 11) is 1.62. The Kier molecular flexibility index (Phi) is 6.06. The third kappa shape index (κ3) is 3.72. The molecule has 2 aliphatic rings. The number of carbonyl (C=O) groups is 1. The van der Waals surface area contributed by atoms with E-state index in [9.17, 15) is 4.79 Å². The SMILES string of the molecule is COc1cccc(C(=O)N2CCN(C3CCNC3)CC2)c1.Cl. The number of halogens is 1. The Morgan fingerprint density at radius 1 is 1.27 bits per heavy atom. The Morgan fingerprint density at radius 3 is 2.68 bits per heavy atom. The summed E-state index contributed by atoms with van der Waals surface area (Å²) in [6.07, 6.45) is 1.23. The number of nitrogens with one attached hydrogen (secondary N) is 1. The first kappa shape index (κ1) is 17.1. The number of rotatable bonds is 3. The highest BCUT2D eigenvalue weighted by Gasteiger charge is 2.28. The highest BCUT2D eigenvalue weighted by atomic mass is 35.5. The zero-order valence-corrected chi connectivity index (χ0v) is 13.8. The number of hydrogen-bond donors (Lipinski definition) is 1. The molecule has 1 aromatic rings. The number of amides is 1. The van der Waals surface area contributed by atoms with Gasteiger partial charge in [-0.1, -0.05) is 6.07 Å². The number of hydrogen-bond acceptors (Lipinski definition) is 4. The highest BCUT2D eigenvalue weighted by Crippen LogP contribution is 2.17. The normalized spacial score (nSPS) is 22.2. The summed E-state index contributed by atoms with van der Waals surface area (Å²) < 4.78 is 5.19. The number of methoxy groups -OCH3 is 1. The summed E-state index contributed by atoms with van der Waals surface area (Å²) in [5, 5.41) is 3.41. The predicted octanol–water partition coefficient (Wildman–Crippen LogP) is 1.24. The lowest BCUT2D eigenvalue weighted by Gasteiger charge is -2.37. The van der Waals surface area contributed by atoms with Crippen molar-refractivity contribution >= 4 is 18.3 Å². The molecule has 0 bridgehead atoms. The van der Waals surface area contributed by atoms with E-state index >= 15 is 0 Å². The molecule has 22 heavy (non-hydrogen) atoms. The van der Waals surface area contributed by atoms with E-state index in [0.717, 1.165) is 45.0 Å². The van der Waals surface area contributed by atoms with Gasteiger partial charge in [0.15, 0.2) is 0 Å². The largest absolute Gasteiger partial charge is 0.497 e. The van der Waals surface area contributed by atoms with Gasteiger partial charge in [-0.15, -0.1) is 12.4 Å². The smallest absolute Gasteiger partial charge is 0.254 e. The van der Waals surface area contributed by atoms with Crippen LogP contribution in [-0.4, -0.2) is 68.1 Å². The summed E-state index contributed by atoms with van der Waals surface area (Å²) in [6, 6.07) is 8.06. The first-order valence-corrected chi connectivity index (χ1v) is 7.66. The van der Waals surface area contributed by atoms with Gasteiger partial charge < -0.3 is 15.0 Å². The Bertz CT molecular complexity index is 498. The second kappa shape index (κ2) is 7.81. The molecular formula is C16H24ClN3O2. The average Bonchev–Trinajstić information content (AvgIpc) is 3.09. The molecule has 122 valence electrons. The molecular weight excluding hydrogens is 302 g/mol. The van der Waals surface area contributed by atoms with E-state index < -0.39 is 0 Å². The fourth-order valence-corrected chi connectivity index (χ4v) is 3.18. The Morgan fingerprint density at radius 2 is 2.05 bits per heavy atom. The van der Waals surface area contributed by atoms with Crippen molar-refractivity contribution in [2.45, 2.75) is 12.5 Å². The van der Waals surface area contributed by atoms with E-state index in [-0.39, 0.29) is 18.3 Å². The maximum Gasteiger partial charge on any atom is 0.254 e. The van der Waals surface area contributed by atoms with Crippen LogP contribution in [0.3, 0.4) is 0 Å². The van der Waals surface area contributed by atoms with Crippen LogP contribution in [-0.2, 0) is 0 Å². The van der Waals surface area contributed by atoms with E-state index in [4.69, 9.17) is 4.74 Å². The van der Waals surface area contributed by atoms with Gasteiger partial charge in [0.2, 0.25) is 0 Å². The fourth-order valence-electron chi connectivity index (χ4n) is 3.18. The summed E-state index contributed by atoms with van der Waals surface area (Å²) in [4.78, 5) is 17.0. The van der Waals surface area contributed by atoms with Crippen LogP contribution in [0.25, 0.3) is 0 Å². The molecule has 1 N–H and O–H groups in total. The zero-order valence-electron chi connectivity index (χ0n) is 13.0. The number of carbonyl (C=O) groups excluding carboxylic acids is 1. The number of piperazine rings is 1. The number of nitrogens with zero attached hydrogens (tertiary/aromatic N) is 2. The molecule has 1 atom stereocenters. The lowest BCUT2D eigenvalue weighted by molar-refractivity contribution is 0.0583. The molecule has 0 aliphatic carbocycles. The monoisotopic (exact) mass is 325 g/mol. The predicted molar refractivity (Wildman–Crippen MR) is 89.0 cm³/mol. The molecule has 6 heteroatoms. The van der Waals surface area contributed by atoms with E-state index in [1.165, 1.54) is 6.42 Å². The Hall–Kier alpha value is -1.30. The molecule has 2 aliphatic heterocycles. The minimum Gasteiger partial charge on any atom is -0.497 e. The first-order chi connectivity index (χ1) is 10.3. The van der Waals surface area contributed by atoms with Crippen molar-refractivity contribution in [1.82, 2.24) is 15.1 Å². The standard InChI is InChI=1S/C16H23N3O2.ClH/c1-21-15-4-2-3-13(11-15)16(20)19-9-7-18(8-10-19)14-5-6-17-12-14;/h2-4,11,14,17H,5-10,12H2,1H3;1H. The van der Waals surface area contributed by atoms with E-state index in [1.807, 2.05) is 29.2 Å². The molecule has 0 spiro atoms. The molecule has 5 nitrogen and oxygen atoms in total. The highest BCUT2D eigenvalue weighted by molar-refractivity contribution is 5.94. The van der Waals surface area contributed by atoms with Gasteiger partial charge in [-0.25, -0.2) is 0 Å². The van der Waals surface area contributed by atoms with Crippen molar-refractivity contribution in [3.05, 3.63) is 29.8 Å². The number of benzene rings is 1. The third-order valence-corrected chi connectivity index (χ3v) is 4.47. The molecule has 1 amide bonds. The third-order valence-electron chi connectivity index (χ3n) is 4.47. The quantitative estimate of drug-likeness (QED) is 0.908. The topological polar surface area (TPSA) is 44.8 Å². The van der Waals surface area contributed by atoms with Crippen LogP contribution in [0.15, 0.2) is 24.3 Å². The van der Waals surface area contributed by atoms with Crippen LogP contribution in [0.4, 0.5) is 0 Å². The van der Waals surface area contributed by atoms with Crippen LogP contribution < -0.4 is 10.1 Å². The van der Waals surface area contributed by atoms with Crippen LogP contribution in [0.5, 0.6) is 5.75 Å².